The molecule has 6 heteroatoms. The zero-order valence-corrected chi connectivity index (χ0v) is 14.8. The maximum atomic E-state index is 13.8. The molecule has 24 heavy (non-hydrogen) atoms. The molecule has 3 fully saturated rings. The summed E-state index contributed by atoms with van der Waals surface area (Å²) in [7, 11) is 0. The van der Waals surface area contributed by atoms with Gasteiger partial charge in [0.25, 0.3) is 0 Å². The molecule has 0 aromatic carbocycles. The van der Waals surface area contributed by atoms with Gasteiger partial charge in [-0.3, -0.25) is 0 Å². The van der Waals surface area contributed by atoms with E-state index >= 15 is 0 Å². The summed E-state index contributed by atoms with van der Waals surface area (Å²) in [4.78, 5) is 0. The molecule has 0 aliphatic heterocycles. The molecule has 3 rings (SSSR count). The normalized spacial score (nSPS) is 47.0. The van der Waals surface area contributed by atoms with E-state index in [0.29, 0.717) is 36.7 Å². The molecule has 3 nitrogen and oxygen atoms in total. The number of fused-ring (bicyclic) bond motifs is 5. The summed E-state index contributed by atoms with van der Waals surface area (Å²) in [5.41, 5.74) is -2.36. The minimum Gasteiger partial charge on any atom is -0.392 e. The van der Waals surface area contributed by atoms with Crippen molar-refractivity contribution in [3.8, 4) is 0 Å². The molecule has 0 radical (unpaired) electrons. The molecular weight excluding hydrogens is 321 g/mol. The van der Waals surface area contributed by atoms with Gasteiger partial charge in [-0.15, -0.1) is 0 Å². The summed E-state index contributed by atoms with van der Waals surface area (Å²) in [6.45, 7) is 7.08. The maximum absolute atomic E-state index is 13.8. The number of aliphatic hydroxyl groups excluding tert-OH is 1. The van der Waals surface area contributed by atoms with Crippen LogP contribution in [-0.4, -0.2) is 36.4 Å². The highest BCUT2D eigenvalue weighted by molar-refractivity contribution is 5.13. The van der Waals surface area contributed by atoms with Crippen LogP contribution in [0.15, 0.2) is 0 Å². The van der Waals surface area contributed by atoms with E-state index in [2.05, 4.69) is 13.8 Å². The topological polar surface area (TPSA) is 38.7 Å². The highest BCUT2D eigenvalue weighted by Crippen LogP contribution is 2.66. The number of ether oxygens (including phenoxy) is 2. The van der Waals surface area contributed by atoms with Crippen molar-refractivity contribution >= 4 is 0 Å². The molecule has 9 unspecified atom stereocenters. The summed E-state index contributed by atoms with van der Waals surface area (Å²) in [5, 5.41) is 10.8. The van der Waals surface area contributed by atoms with Crippen molar-refractivity contribution in [2.24, 2.45) is 41.4 Å². The predicted octanol–water partition coefficient (Wildman–Crippen LogP) is 3.85. The summed E-state index contributed by atoms with van der Waals surface area (Å²) in [5.74, 6) is 1.06. The number of aliphatic hydroxyl groups is 1. The number of hydrogen-bond donors (Lipinski definition) is 1. The Morgan fingerprint density at radius 1 is 1.04 bits per heavy atom. The fourth-order valence-corrected chi connectivity index (χ4v) is 5.94. The van der Waals surface area contributed by atoms with Crippen molar-refractivity contribution in [2.45, 2.75) is 58.4 Å². The second-order valence-corrected chi connectivity index (χ2v) is 8.22. The first-order chi connectivity index (χ1) is 11.1. The first-order valence-electron chi connectivity index (χ1n) is 9.10. The van der Waals surface area contributed by atoms with Crippen LogP contribution in [0.2, 0.25) is 0 Å². The standard InChI is InChI=1S/C18H29F3O3/c1-5-23-8-24-17(4,18(19,20)21)14-7-13-11-6-12(10(3)9(11)2)15(13)16(14)22/h9-16,22H,5-8H2,1-4H3. The highest BCUT2D eigenvalue weighted by Gasteiger charge is 2.68. The second kappa shape index (κ2) is 6.13. The third-order valence-electron chi connectivity index (χ3n) is 7.51. The molecule has 9 atom stereocenters. The monoisotopic (exact) mass is 350 g/mol. The molecule has 3 saturated carbocycles. The lowest BCUT2D eigenvalue weighted by atomic mass is 9.70. The smallest absolute Gasteiger partial charge is 0.392 e. The molecule has 3 aliphatic rings. The van der Waals surface area contributed by atoms with Crippen molar-refractivity contribution in [1.82, 2.24) is 0 Å². The second-order valence-electron chi connectivity index (χ2n) is 8.22. The van der Waals surface area contributed by atoms with Crippen LogP contribution in [0.3, 0.4) is 0 Å². The average molecular weight is 350 g/mol. The number of halogens is 3. The van der Waals surface area contributed by atoms with Crippen molar-refractivity contribution in [1.29, 1.82) is 0 Å². The summed E-state index contributed by atoms with van der Waals surface area (Å²) < 4.78 is 51.6. The van der Waals surface area contributed by atoms with Crippen LogP contribution in [0, 0.1) is 41.4 Å². The minimum atomic E-state index is -4.54. The Bertz CT molecular complexity index is 469. The molecular formula is C18H29F3O3. The van der Waals surface area contributed by atoms with E-state index in [-0.39, 0.29) is 11.8 Å². The van der Waals surface area contributed by atoms with Gasteiger partial charge in [0, 0.05) is 12.5 Å². The van der Waals surface area contributed by atoms with Gasteiger partial charge < -0.3 is 14.6 Å². The summed E-state index contributed by atoms with van der Waals surface area (Å²) in [6, 6.07) is 0. The molecule has 0 amide bonds. The Morgan fingerprint density at radius 3 is 2.25 bits per heavy atom. The van der Waals surface area contributed by atoms with E-state index in [0.717, 1.165) is 13.3 Å². The lowest BCUT2D eigenvalue weighted by molar-refractivity contribution is -0.316. The van der Waals surface area contributed by atoms with Crippen molar-refractivity contribution in [2.75, 3.05) is 13.4 Å². The van der Waals surface area contributed by atoms with Gasteiger partial charge in [-0.1, -0.05) is 13.8 Å². The van der Waals surface area contributed by atoms with Gasteiger partial charge in [0.05, 0.1) is 6.10 Å². The van der Waals surface area contributed by atoms with Crippen molar-refractivity contribution in [3.63, 3.8) is 0 Å². The molecule has 0 saturated heterocycles. The Hall–Kier alpha value is -0.330. The van der Waals surface area contributed by atoms with Crippen LogP contribution in [0.4, 0.5) is 13.2 Å². The zero-order valence-electron chi connectivity index (χ0n) is 14.8. The van der Waals surface area contributed by atoms with E-state index in [9.17, 15) is 18.3 Å². The number of hydrogen-bond acceptors (Lipinski definition) is 3. The quantitative estimate of drug-likeness (QED) is 0.605. The van der Waals surface area contributed by atoms with Gasteiger partial charge in [-0.25, -0.2) is 0 Å². The highest BCUT2D eigenvalue weighted by atomic mass is 19.4. The van der Waals surface area contributed by atoms with Crippen LogP contribution in [-0.2, 0) is 9.47 Å². The number of rotatable bonds is 5. The molecule has 140 valence electrons. The van der Waals surface area contributed by atoms with E-state index in [4.69, 9.17) is 9.47 Å². The van der Waals surface area contributed by atoms with Crippen LogP contribution >= 0.6 is 0 Å². The molecule has 0 aromatic heterocycles. The minimum absolute atomic E-state index is 0.0106. The lowest BCUT2D eigenvalue weighted by Crippen LogP contribution is -2.54. The first-order valence-corrected chi connectivity index (χ1v) is 9.10. The third-order valence-corrected chi connectivity index (χ3v) is 7.51. The van der Waals surface area contributed by atoms with Crippen LogP contribution in [0.5, 0.6) is 0 Å². The maximum Gasteiger partial charge on any atom is 0.417 e. The van der Waals surface area contributed by atoms with Crippen LogP contribution < -0.4 is 0 Å². The van der Waals surface area contributed by atoms with Gasteiger partial charge in [0.1, 0.15) is 6.79 Å². The Labute approximate surface area is 141 Å². The Kier molecular flexibility index (Phi) is 4.72. The largest absolute Gasteiger partial charge is 0.417 e. The molecule has 0 spiro atoms. The fraction of sp³-hybridized carbons (Fsp3) is 1.00. The summed E-state index contributed by atoms with van der Waals surface area (Å²) in [6.07, 6.45) is -4.03. The SMILES string of the molecule is CCOCOC(C)(C1CC2C3CC(C(C)C3C)C2C1O)C(F)(F)F. The van der Waals surface area contributed by atoms with Gasteiger partial charge in [-0.05, 0) is 62.2 Å². The van der Waals surface area contributed by atoms with Gasteiger partial charge in [0.2, 0.25) is 0 Å². The van der Waals surface area contributed by atoms with E-state index in [1.165, 1.54) is 0 Å². The molecule has 1 N–H and O–H groups in total. The third kappa shape index (κ3) is 2.52. The molecule has 0 heterocycles. The zero-order chi connectivity index (χ0) is 17.9. The van der Waals surface area contributed by atoms with Gasteiger partial charge >= 0.3 is 6.18 Å². The average Bonchev–Trinajstić information content (AvgIpc) is 3.11. The van der Waals surface area contributed by atoms with E-state index < -0.39 is 30.6 Å². The van der Waals surface area contributed by atoms with Crippen molar-refractivity contribution < 1.29 is 27.8 Å². The van der Waals surface area contributed by atoms with Crippen molar-refractivity contribution in [3.05, 3.63) is 0 Å². The fourth-order valence-electron chi connectivity index (χ4n) is 5.94. The van der Waals surface area contributed by atoms with E-state index in [1.54, 1.807) is 6.92 Å². The Balaban J connectivity index is 1.83. The van der Waals surface area contributed by atoms with Crippen LogP contribution in [0.1, 0.15) is 40.5 Å². The predicted molar refractivity (Wildman–Crippen MR) is 83.1 cm³/mol. The van der Waals surface area contributed by atoms with E-state index in [1.807, 2.05) is 0 Å². The molecule has 2 bridgehead atoms. The summed E-state index contributed by atoms with van der Waals surface area (Å²) >= 11 is 0. The van der Waals surface area contributed by atoms with Gasteiger partial charge in [0.15, 0.2) is 5.60 Å². The van der Waals surface area contributed by atoms with Gasteiger partial charge in [-0.2, -0.15) is 13.2 Å². The molecule has 3 aliphatic carbocycles. The lowest BCUT2D eigenvalue weighted by Gasteiger charge is -2.40. The molecule has 0 aromatic rings. The number of alkyl halides is 3. The Morgan fingerprint density at radius 2 is 1.67 bits per heavy atom. The van der Waals surface area contributed by atoms with Crippen LogP contribution in [0.25, 0.3) is 0 Å². The first kappa shape index (κ1) is 18.5.